The highest BCUT2D eigenvalue weighted by atomic mass is 32.2. The second-order valence-corrected chi connectivity index (χ2v) is 10.6. The highest BCUT2D eigenvalue weighted by Gasteiger charge is 2.41. The summed E-state index contributed by atoms with van der Waals surface area (Å²) in [5, 5.41) is 3.01. The maximum absolute atomic E-state index is 13.1. The van der Waals surface area contributed by atoms with Gasteiger partial charge in [-0.15, -0.1) is 0 Å². The van der Waals surface area contributed by atoms with E-state index in [1.54, 1.807) is 44.2 Å². The molecule has 1 saturated carbocycles. The molecule has 1 aromatic carbocycles. The summed E-state index contributed by atoms with van der Waals surface area (Å²) >= 11 is 0. The van der Waals surface area contributed by atoms with Crippen LogP contribution in [0.1, 0.15) is 56.3 Å². The molecule has 29 heavy (non-hydrogen) atoms. The maximum atomic E-state index is 13.1. The highest BCUT2D eigenvalue weighted by Crippen LogP contribution is 2.28. The van der Waals surface area contributed by atoms with E-state index in [1.807, 2.05) is 0 Å². The van der Waals surface area contributed by atoms with Crippen molar-refractivity contribution >= 4 is 21.9 Å². The third kappa shape index (κ3) is 6.82. The van der Waals surface area contributed by atoms with Crippen molar-refractivity contribution in [3.05, 3.63) is 35.9 Å². The lowest BCUT2D eigenvalue weighted by atomic mass is 9.85. The van der Waals surface area contributed by atoms with Crippen molar-refractivity contribution in [1.82, 2.24) is 9.62 Å². The summed E-state index contributed by atoms with van der Waals surface area (Å²) in [5.74, 6) is -0.988. The van der Waals surface area contributed by atoms with Gasteiger partial charge in [0.1, 0.15) is 0 Å². The number of benzene rings is 1. The Labute approximate surface area is 173 Å². The van der Waals surface area contributed by atoms with Crippen LogP contribution in [-0.4, -0.2) is 56.6 Å². The zero-order chi connectivity index (χ0) is 21.7. The number of hydrogen-bond donors (Lipinski definition) is 1. The molecule has 1 aliphatic carbocycles. The number of hydrogen-bond acceptors (Lipinski definition) is 5. The molecule has 0 aliphatic heterocycles. The van der Waals surface area contributed by atoms with Crippen LogP contribution in [0.3, 0.4) is 0 Å². The molecule has 162 valence electrons. The van der Waals surface area contributed by atoms with Crippen molar-refractivity contribution in [2.75, 3.05) is 19.8 Å². The summed E-state index contributed by atoms with van der Waals surface area (Å²) in [7, 11) is -1.99. The topological polar surface area (TPSA) is 92.8 Å². The molecule has 1 atom stereocenters. The Morgan fingerprint density at radius 3 is 2.31 bits per heavy atom. The van der Waals surface area contributed by atoms with Gasteiger partial charge in [0.25, 0.3) is 5.91 Å². The average Bonchev–Trinajstić information content (AvgIpc) is 2.66. The highest BCUT2D eigenvalue weighted by molar-refractivity contribution is 7.88. The van der Waals surface area contributed by atoms with Crippen molar-refractivity contribution in [2.24, 2.45) is 5.41 Å². The summed E-state index contributed by atoms with van der Waals surface area (Å²) in [6.07, 6.45) is 5.05. The van der Waals surface area contributed by atoms with Crippen LogP contribution in [0.5, 0.6) is 0 Å². The first kappa shape index (κ1) is 23.3. The van der Waals surface area contributed by atoms with Gasteiger partial charge in [-0.3, -0.25) is 4.79 Å². The molecule has 8 heteroatoms. The number of carbonyl (C=O) groups excluding carboxylic acids is 2. The van der Waals surface area contributed by atoms with Crippen molar-refractivity contribution in [3.63, 3.8) is 0 Å². The molecule has 1 N–H and O–H groups in total. The van der Waals surface area contributed by atoms with Gasteiger partial charge in [-0.25, -0.2) is 17.5 Å². The van der Waals surface area contributed by atoms with E-state index in [0.29, 0.717) is 5.56 Å². The van der Waals surface area contributed by atoms with Gasteiger partial charge in [0, 0.05) is 25.0 Å². The second kappa shape index (κ2) is 9.71. The zero-order valence-electron chi connectivity index (χ0n) is 17.7. The van der Waals surface area contributed by atoms with Crippen LogP contribution in [0.2, 0.25) is 0 Å². The molecule has 0 bridgehead atoms. The molecular weight excluding hydrogens is 392 g/mol. The van der Waals surface area contributed by atoms with E-state index >= 15 is 0 Å². The predicted octanol–water partition coefficient (Wildman–Crippen LogP) is 2.58. The summed E-state index contributed by atoms with van der Waals surface area (Å²) in [6, 6.07) is 8.52. The summed E-state index contributed by atoms with van der Waals surface area (Å²) < 4.78 is 30.6. The van der Waals surface area contributed by atoms with Gasteiger partial charge in [-0.05, 0) is 25.0 Å². The first-order valence-electron chi connectivity index (χ1n) is 9.98. The SMILES string of the molecule is CN(CC(C)(C)[C@@H](OC(=O)c1ccccc1)C(=O)NC1CCCCC1)S(C)(=O)=O. The maximum Gasteiger partial charge on any atom is 0.338 e. The Morgan fingerprint density at radius 2 is 1.76 bits per heavy atom. The summed E-state index contributed by atoms with van der Waals surface area (Å²) in [6.45, 7) is 3.51. The van der Waals surface area contributed by atoms with Gasteiger partial charge in [-0.1, -0.05) is 51.3 Å². The third-order valence-corrected chi connectivity index (χ3v) is 6.59. The predicted molar refractivity (Wildman–Crippen MR) is 112 cm³/mol. The summed E-state index contributed by atoms with van der Waals surface area (Å²) in [4.78, 5) is 25.7. The lowest BCUT2D eigenvalue weighted by molar-refractivity contribution is -0.137. The van der Waals surface area contributed by atoms with E-state index in [9.17, 15) is 18.0 Å². The van der Waals surface area contributed by atoms with Crippen LogP contribution in [0.4, 0.5) is 0 Å². The summed E-state index contributed by atoms with van der Waals surface area (Å²) in [5.41, 5.74) is -0.587. The fourth-order valence-electron chi connectivity index (χ4n) is 3.62. The van der Waals surface area contributed by atoms with E-state index in [0.717, 1.165) is 38.4 Å². The molecule has 1 aromatic rings. The molecule has 0 radical (unpaired) electrons. The van der Waals surface area contributed by atoms with E-state index in [4.69, 9.17) is 4.74 Å². The van der Waals surface area contributed by atoms with Crippen molar-refractivity contribution < 1.29 is 22.7 Å². The minimum absolute atomic E-state index is 0.0383. The lowest BCUT2D eigenvalue weighted by Gasteiger charge is -2.36. The fraction of sp³-hybridized carbons (Fsp3) is 0.619. The van der Waals surface area contributed by atoms with Crippen LogP contribution >= 0.6 is 0 Å². The van der Waals surface area contributed by atoms with Crippen LogP contribution in [0.15, 0.2) is 30.3 Å². The van der Waals surface area contributed by atoms with Crippen LogP contribution in [0.25, 0.3) is 0 Å². The number of sulfonamides is 1. The Morgan fingerprint density at radius 1 is 1.17 bits per heavy atom. The molecule has 7 nitrogen and oxygen atoms in total. The molecule has 0 unspecified atom stereocenters. The lowest BCUT2D eigenvalue weighted by Crippen LogP contribution is -2.53. The number of carbonyl (C=O) groups is 2. The first-order chi connectivity index (χ1) is 13.5. The van der Waals surface area contributed by atoms with Crippen molar-refractivity contribution in [2.45, 2.75) is 58.1 Å². The largest absolute Gasteiger partial charge is 0.448 e. The van der Waals surface area contributed by atoms with E-state index < -0.39 is 27.5 Å². The van der Waals surface area contributed by atoms with E-state index in [1.165, 1.54) is 11.4 Å². The minimum atomic E-state index is -3.44. The molecule has 0 spiro atoms. The number of amides is 1. The number of nitrogens with one attached hydrogen (secondary N) is 1. The Balaban J connectivity index is 2.23. The Kier molecular flexibility index (Phi) is 7.82. The van der Waals surface area contributed by atoms with Crippen molar-refractivity contribution in [3.8, 4) is 0 Å². The van der Waals surface area contributed by atoms with Gasteiger partial charge < -0.3 is 10.1 Å². The average molecular weight is 425 g/mol. The molecule has 1 aliphatic rings. The normalized spacial score (nSPS) is 17.0. The molecule has 0 heterocycles. The van der Waals surface area contributed by atoms with E-state index in [2.05, 4.69) is 5.32 Å². The van der Waals surface area contributed by atoms with Gasteiger partial charge in [0.05, 0.1) is 11.8 Å². The Hall–Kier alpha value is -1.93. The smallest absolute Gasteiger partial charge is 0.338 e. The molecule has 0 aromatic heterocycles. The second-order valence-electron chi connectivity index (χ2n) is 8.50. The number of rotatable bonds is 8. The number of ether oxygens (including phenoxy) is 1. The molecule has 2 rings (SSSR count). The number of esters is 1. The first-order valence-corrected chi connectivity index (χ1v) is 11.8. The van der Waals surface area contributed by atoms with Crippen LogP contribution < -0.4 is 5.32 Å². The fourth-order valence-corrected chi connectivity index (χ4v) is 4.18. The quantitative estimate of drug-likeness (QED) is 0.648. The van der Waals surface area contributed by atoms with Crippen LogP contribution in [-0.2, 0) is 19.6 Å². The van der Waals surface area contributed by atoms with Crippen molar-refractivity contribution in [1.29, 1.82) is 0 Å². The third-order valence-electron chi connectivity index (χ3n) is 5.33. The van der Waals surface area contributed by atoms with Crippen LogP contribution in [0, 0.1) is 5.41 Å². The minimum Gasteiger partial charge on any atom is -0.448 e. The van der Waals surface area contributed by atoms with Gasteiger partial charge in [-0.2, -0.15) is 0 Å². The molecular formula is C21H32N2O5S. The molecule has 1 fully saturated rings. The standard InChI is InChI=1S/C21H32N2O5S/c1-21(2,15-23(3)29(4,26)27)18(19(24)22-17-13-9-6-10-14-17)28-20(25)16-11-7-5-8-12-16/h5,7-8,11-12,17-18H,6,9-10,13-15H2,1-4H3,(H,22,24)/t18-/m0/s1. The number of nitrogens with zero attached hydrogens (tertiary/aromatic N) is 1. The van der Waals surface area contributed by atoms with Gasteiger partial charge in [0.2, 0.25) is 10.0 Å². The van der Waals surface area contributed by atoms with E-state index in [-0.39, 0.29) is 18.5 Å². The zero-order valence-corrected chi connectivity index (χ0v) is 18.5. The van der Waals surface area contributed by atoms with Gasteiger partial charge >= 0.3 is 5.97 Å². The molecule has 1 amide bonds. The monoisotopic (exact) mass is 424 g/mol. The molecule has 0 saturated heterocycles. The Bertz CT molecular complexity index is 802. The van der Waals surface area contributed by atoms with Gasteiger partial charge in [0.15, 0.2) is 6.10 Å².